The van der Waals surface area contributed by atoms with E-state index in [4.69, 9.17) is 11.6 Å². The van der Waals surface area contributed by atoms with Gasteiger partial charge in [0.15, 0.2) is 0 Å². The van der Waals surface area contributed by atoms with Crippen LogP contribution in [0.25, 0.3) is 0 Å². The molecule has 1 aliphatic rings. The second-order valence-corrected chi connectivity index (χ2v) is 3.82. The number of nitrogens with zero attached hydrogens (tertiary/aromatic N) is 1. The molecular weight excluding hydrogens is 196 g/mol. The summed E-state index contributed by atoms with van der Waals surface area (Å²) in [4.78, 5) is 18.2. The number of nitrogens with one attached hydrogen (secondary N) is 1. The Kier molecular flexibility index (Phi) is 2.11. The van der Waals surface area contributed by atoms with Crippen molar-refractivity contribution in [2.24, 2.45) is 0 Å². The molecule has 0 saturated carbocycles. The average Bonchev–Trinajstić information content (AvgIpc) is 2.52. The highest BCUT2D eigenvalue weighted by Crippen LogP contribution is 2.25. The van der Waals surface area contributed by atoms with Crippen LogP contribution in [0.5, 0.6) is 0 Å². The molecule has 0 spiro atoms. The Morgan fingerprint density at radius 1 is 1.58 bits per heavy atom. The van der Waals surface area contributed by atoms with Crippen molar-refractivity contribution < 1.29 is 0 Å². The van der Waals surface area contributed by atoms with E-state index in [0.717, 1.165) is 22.8 Å². The highest BCUT2D eigenvalue weighted by molar-refractivity contribution is 7.98. The molecule has 0 radical (unpaired) electrons. The van der Waals surface area contributed by atoms with Crippen LogP contribution in [0, 0.1) is 0 Å². The van der Waals surface area contributed by atoms with Crippen LogP contribution in [0.3, 0.4) is 0 Å². The number of aromatic amines is 1. The molecule has 0 aliphatic carbocycles. The number of halogens is 1. The van der Waals surface area contributed by atoms with Gasteiger partial charge in [0, 0.05) is 17.1 Å². The van der Waals surface area contributed by atoms with Crippen molar-refractivity contribution in [3.05, 3.63) is 27.4 Å². The van der Waals surface area contributed by atoms with Gasteiger partial charge in [-0.3, -0.25) is 4.79 Å². The van der Waals surface area contributed by atoms with Crippen molar-refractivity contribution in [1.29, 1.82) is 0 Å². The zero-order valence-corrected chi connectivity index (χ0v) is 7.84. The summed E-state index contributed by atoms with van der Waals surface area (Å²) >= 11 is 7.27. The summed E-state index contributed by atoms with van der Waals surface area (Å²) < 4.78 is 0. The summed E-state index contributed by atoms with van der Waals surface area (Å²) in [6, 6.07) is 0. The second kappa shape index (κ2) is 3.11. The molecule has 0 fully saturated rings. The smallest absolute Gasteiger partial charge is 0.255 e. The Bertz CT molecular complexity index is 363. The van der Waals surface area contributed by atoms with Crippen LogP contribution in [0.2, 0.25) is 0 Å². The van der Waals surface area contributed by atoms with E-state index < -0.39 is 0 Å². The number of hydrogen-bond donors (Lipinski definition) is 1. The average molecular weight is 203 g/mol. The molecule has 2 rings (SSSR count). The molecule has 64 valence electrons. The first-order chi connectivity index (χ1) is 5.81. The lowest BCUT2D eigenvalue weighted by atomic mass is 10.3. The first-order valence-corrected chi connectivity index (χ1v) is 5.25. The van der Waals surface area contributed by atoms with E-state index in [9.17, 15) is 4.79 Å². The fourth-order valence-electron chi connectivity index (χ4n) is 1.18. The molecule has 0 saturated heterocycles. The molecule has 0 unspecified atom stereocenters. The van der Waals surface area contributed by atoms with E-state index in [0.29, 0.717) is 5.82 Å². The van der Waals surface area contributed by atoms with Gasteiger partial charge in [0.2, 0.25) is 0 Å². The van der Waals surface area contributed by atoms with E-state index in [-0.39, 0.29) is 11.4 Å². The van der Waals surface area contributed by atoms with Crippen LogP contribution in [0.4, 0.5) is 0 Å². The summed E-state index contributed by atoms with van der Waals surface area (Å²) in [6.45, 7) is 0. The van der Waals surface area contributed by atoms with Crippen molar-refractivity contribution in [3.8, 4) is 0 Å². The molecule has 0 aromatic carbocycles. The first-order valence-electron chi connectivity index (χ1n) is 3.56. The molecule has 1 aliphatic heterocycles. The predicted octanol–water partition coefficient (Wildman–Crippen LogP) is 1.26. The standard InChI is InChI=1S/C7H7ClN2OS/c8-1-6-9-5-3-12-2-4(5)7(11)10-6/h1-3H2,(H,9,10,11). The molecule has 0 atom stereocenters. The summed E-state index contributed by atoms with van der Waals surface area (Å²) in [7, 11) is 0. The second-order valence-electron chi connectivity index (χ2n) is 2.56. The van der Waals surface area contributed by atoms with Gasteiger partial charge in [-0.2, -0.15) is 11.8 Å². The maximum Gasteiger partial charge on any atom is 0.255 e. The Morgan fingerprint density at radius 3 is 3.17 bits per heavy atom. The maximum atomic E-state index is 11.3. The van der Waals surface area contributed by atoms with Crippen LogP contribution >= 0.6 is 23.4 Å². The van der Waals surface area contributed by atoms with E-state index in [1.807, 2.05) is 0 Å². The Labute approximate surface area is 78.5 Å². The fraction of sp³-hybridized carbons (Fsp3) is 0.429. The van der Waals surface area contributed by atoms with Crippen LogP contribution in [0.1, 0.15) is 17.1 Å². The van der Waals surface area contributed by atoms with Gasteiger partial charge >= 0.3 is 0 Å². The number of thioether (sulfide) groups is 1. The molecule has 3 nitrogen and oxygen atoms in total. The Morgan fingerprint density at radius 2 is 2.42 bits per heavy atom. The normalized spacial score (nSPS) is 14.8. The fourth-order valence-corrected chi connectivity index (χ4v) is 2.34. The summed E-state index contributed by atoms with van der Waals surface area (Å²) in [5.74, 6) is 2.46. The quantitative estimate of drug-likeness (QED) is 0.698. The number of aromatic nitrogens is 2. The van der Waals surface area contributed by atoms with Gasteiger partial charge in [0.25, 0.3) is 5.56 Å². The maximum absolute atomic E-state index is 11.3. The van der Waals surface area contributed by atoms with Gasteiger partial charge < -0.3 is 4.98 Å². The highest BCUT2D eigenvalue weighted by Gasteiger charge is 2.16. The third kappa shape index (κ3) is 1.25. The molecular formula is C7H7ClN2OS. The first kappa shape index (κ1) is 8.13. The van der Waals surface area contributed by atoms with E-state index >= 15 is 0 Å². The number of H-pyrrole nitrogens is 1. The van der Waals surface area contributed by atoms with Crippen molar-refractivity contribution in [3.63, 3.8) is 0 Å². The molecule has 1 aromatic heterocycles. The topological polar surface area (TPSA) is 45.8 Å². The monoisotopic (exact) mass is 202 g/mol. The van der Waals surface area contributed by atoms with Gasteiger partial charge in [0.05, 0.1) is 11.6 Å². The molecule has 2 heterocycles. The molecule has 5 heteroatoms. The lowest BCUT2D eigenvalue weighted by molar-refractivity contribution is 0.941. The number of fused-ring (bicyclic) bond motifs is 1. The van der Waals surface area contributed by atoms with Crippen LogP contribution < -0.4 is 5.56 Å². The van der Waals surface area contributed by atoms with Gasteiger partial charge in [-0.1, -0.05) is 0 Å². The predicted molar refractivity (Wildman–Crippen MR) is 49.4 cm³/mol. The SMILES string of the molecule is O=c1[nH]c(CCl)nc2c1CSC2. The van der Waals surface area contributed by atoms with E-state index in [1.54, 1.807) is 11.8 Å². The zero-order valence-electron chi connectivity index (χ0n) is 6.26. The van der Waals surface area contributed by atoms with E-state index in [1.165, 1.54) is 0 Å². The van der Waals surface area contributed by atoms with Crippen molar-refractivity contribution in [1.82, 2.24) is 9.97 Å². The lowest BCUT2D eigenvalue weighted by Crippen LogP contribution is -2.16. The summed E-state index contributed by atoms with van der Waals surface area (Å²) in [5.41, 5.74) is 1.69. The number of rotatable bonds is 1. The van der Waals surface area contributed by atoms with Crippen LogP contribution in [0.15, 0.2) is 4.79 Å². The number of alkyl halides is 1. The lowest BCUT2D eigenvalue weighted by Gasteiger charge is -1.98. The largest absolute Gasteiger partial charge is 0.309 e. The third-order valence-electron chi connectivity index (χ3n) is 1.76. The van der Waals surface area contributed by atoms with Crippen molar-refractivity contribution >= 4 is 23.4 Å². The molecule has 0 bridgehead atoms. The van der Waals surface area contributed by atoms with Crippen molar-refractivity contribution in [2.75, 3.05) is 0 Å². The summed E-state index contributed by atoms with van der Waals surface area (Å²) in [5, 5.41) is 0. The molecule has 12 heavy (non-hydrogen) atoms. The van der Waals surface area contributed by atoms with Gasteiger partial charge in [0.1, 0.15) is 5.82 Å². The van der Waals surface area contributed by atoms with Gasteiger partial charge in [-0.25, -0.2) is 4.98 Å². The Balaban J connectivity index is 2.59. The molecule has 1 aromatic rings. The Hall–Kier alpha value is -0.480. The summed E-state index contributed by atoms with van der Waals surface area (Å²) in [6.07, 6.45) is 0. The van der Waals surface area contributed by atoms with E-state index in [2.05, 4.69) is 9.97 Å². The minimum Gasteiger partial charge on any atom is -0.309 e. The zero-order chi connectivity index (χ0) is 8.55. The van der Waals surface area contributed by atoms with Gasteiger partial charge in [-0.15, -0.1) is 11.6 Å². The van der Waals surface area contributed by atoms with Gasteiger partial charge in [-0.05, 0) is 0 Å². The van der Waals surface area contributed by atoms with Crippen LogP contribution in [-0.4, -0.2) is 9.97 Å². The molecule has 0 amide bonds. The highest BCUT2D eigenvalue weighted by atomic mass is 35.5. The minimum absolute atomic E-state index is 0.0272. The number of hydrogen-bond acceptors (Lipinski definition) is 3. The molecule has 1 N–H and O–H groups in total. The third-order valence-corrected chi connectivity index (χ3v) is 2.99. The van der Waals surface area contributed by atoms with Crippen molar-refractivity contribution in [2.45, 2.75) is 17.4 Å². The van der Waals surface area contributed by atoms with Crippen LogP contribution in [-0.2, 0) is 17.4 Å². The minimum atomic E-state index is -0.0272.